The van der Waals surface area contributed by atoms with Gasteiger partial charge in [-0.1, -0.05) is 13.3 Å². The molecule has 0 saturated heterocycles. The molecule has 0 saturated carbocycles. The first-order chi connectivity index (χ1) is 8.95. The maximum absolute atomic E-state index is 13.5. The lowest BCUT2D eigenvalue weighted by molar-refractivity contribution is -0.118. The lowest BCUT2D eigenvalue weighted by Crippen LogP contribution is -2.29. The summed E-state index contributed by atoms with van der Waals surface area (Å²) in [5.74, 6) is -2.97. The first-order valence-electron chi connectivity index (χ1n) is 5.85. The molecule has 0 aromatic heterocycles. The minimum Gasteiger partial charge on any atom is -0.399 e. The van der Waals surface area contributed by atoms with Crippen LogP contribution in [0.15, 0.2) is 17.0 Å². The molecule has 7 heteroatoms. The Kier molecular flexibility index (Phi) is 5.88. The van der Waals surface area contributed by atoms with Gasteiger partial charge in [-0.2, -0.15) is 0 Å². The van der Waals surface area contributed by atoms with E-state index in [2.05, 4.69) is 5.32 Å². The average Bonchev–Trinajstić information content (AvgIpc) is 2.27. The van der Waals surface area contributed by atoms with E-state index in [-0.39, 0.29) is 5.69 Å². The number of anilines is 1. The molecule has 19 heavy (non-hydrogen) atoms. The van der Waals surface area contributed by atoms with E-state index in [4.69, 9.17) is 5.73 Å². The highest BCUT2D eigenvalue weighted by Crippen LogP contribution is 2.20. The van der Waals surface area contributed by atoms with Gasteiger partial charge in [-0.15, -0.1) is 0 Å². The zero-order valence-electron chi connectivity index (χ0n) is 10.5. The Bertz CT molecular complexity index is 472. The number of amides is 1. The molecule has 0 bridgehead atoms. The van der Waals surface area contributed by atoms with Gasteiger partial charge in [-0.05, 0) is 18.6 Å². The molecule has 1 unspecified atom stereocenters. The highest BCUT2D eigenvalue weighted by atomic mass is 32.2. The highest BCUT2D eigenvalue weighted by molar-refractivity contribution is 7.85. The molecule has 0 aliphatic carbocycles. The van der Waals surface area contributed by atoms with Crippen molar-refractivity contribution in [1.29, 1.82) is 0 Å². The molecule has 0 radical (unpaired) electrons. The van der Waals surface area contributed by atoms with Crippen molar-refractivity contribution in [2.24, 2.45) is 0 Å². The summed E-state index contributed by atoms with van der Waals surface area (Å²) in [6.07, 6.45) is 1.70. The number of nitrogens with two attached hydrogens (primary N) is 1. The normalized spacial score (nSPS) is 12.2. The van der Waals surface area contributed by atoms with Gasteiger partial charge in [0.15, 0.2) is 0 Å². The van der Waals surface area contributed by atoms with Crippen LogP contribution in [0.2, 0.25) is 0 Å². The highest BCUT2D eigenvalue weighted by Gasteiger charge is 2.19. The van der Waals surface area contributed by atoms with E-state index in [0.29, 0.717) is 6.54 Å². The van der Waals surface area contributed by atoms with Gasteiger partial charge in [0.2, 0.25) is 5.91 Å². The molecule has 4 nitrogen and oxygen atoms in total. The number of benzene rings is 1. The number of nitrogens with one attached hydrogen (secondary N) is 1. The molecular weight excluding hydrogens is 274 g/mol. The van der Waals surface area contributed by atoms with Crippen LogP contribution in [0.4, 0.5) is 14.5 Å². The van der Waals surface area contributed by atoms with E-state index in [9.17, 15) is 17.8 Å². The number of hydrogen-bond acceptors (Lipinski definition) is 3. The van der Waals surface area contributed by atoms with Gasteiger partial charge < -0.3 is 11.1 Å². The minimum atomic E-state index is -2.07. The first-order valence-corrected chi connectivity index (χ1v) is 7.17. The Morgan fingerprint density at radius 1 is 1.37 bits per heavy atom. The second-order valence-electron chi connectivity index (χ2n) is 4.01. The third kappa shape index (κ3) is 4.59. The third-order valence-electron chi connectivity index (χ3n) is 2.36. The number of rotatable bonds is 6. The number of carbonyl (C=O) groups excluding carboxylic acids is 1. The molecular formula is C12H16F2N2O2S. The van der Waals surface area contributed by atoms with Crippen LogP contribution >= 0.6 is 0 Å². The van der Waals surface area contributed by atoms with Crippen LogP contribution in [0.3, 0.4) is 0 Å². The Labute approximate surface area is 112 Å². The van der Waals surface area contributed by atoms with Crippen molar-refractivity contribution in [2.45, 2.75) is 24.7 Å². The monoisotopic (exact) mass is 290 g/mol. The van der Waals surface area contributed by atoms with Crippen LogP contribution in [0.5, 0.6) is 0 Å². The molecule has 3 N–H and O–H groups in total. The number of halogens is 2. The Balaban J connectivity index is 2.71. The second-order valence-corrected chi connectivity index (χ2v) is 5.40. The standard InChI is InChI=1S/C12H16F2N2O2S/c1-2-3-4-16-11(17)7-19(18)12-9(13)5-8(15)6-10(12)14/h5-6H,2-4,7,15H2,1H3,(H,16,17). The summed E-state index contributed by atoms with van der Waals surface area (Å²) < 4.78 is 38.7. The lowest BCUT2D eigenvalue weighted by Gasteiger charge is -2.07. The van der Waals surface area contributed by atoms with Crippen molar-refractivity contribution >= 4 is 22.4 Å². The Hall–Kier alpha value is -1.50. The molecule has 0 aliphatic heterocycles. The van der Waals surface area contributed by atoms with Crippen LogP contribution in [0.1, 0.15) is 19.8 Å². The van der Waals surface area contributed by atoms with E-state index in [1.165, 1.54) is 0 Å². The van der Waals surface area contributed by atoms with Crippen molar-refractivity contribution in [1.82, 2.24) is 5.32 Å². The first kappa shape index (κ1) is 15.6. The smallest absolute Gasteiger partial charge is 0.233 e. The fraction of sp³-hybridized carbons (Fsp3) is 0.417. The molecule has 0 aliphatic rings. The van der Waals surface area contributed by atoms with E-state index < -0.39 is 39.0 Å². The third-order valence-corrected chi connectivity index (χ3v) is 3.73. The number of nitrogen functional groups attached to an aromatic ring is 1. The van der Waals surface area contributed by atoms with Crippen molar-refractivity contribution in [3.8, 4) is 0 Å². The van der Waals surface area contributed by atoms with Crippen LogP contribution < -0.4 is 11.1 Å². The van der Waals surface area contributed by atoms with Gasteiger partial charge in [-0.25, -0.2) is 8.78 Å². The molecule has 1 aromatic rings. The second kappa shape index (κ2) is 7.18. The van der Waals surface area contributed by atoms with Crippen LogP contribution in [-0.4, -0.2) is 22.4 Å². The predicted octanol–water partition coefficient (Wildman–Crippen LogP) is 1.57. The van der Waals surface area contributed by atoms with Gasteiger partial charge >= 0.3 is 0 Å². The topological polar surface area (TPSA) is 72.2 Å². The largest absolute Gasteiger partial charge is 0.399 e. The lowest BCUT2D eigenvalue weighted by atomic mass is 10.3. The molecule has 0 spiro atoms. The van der Waals surface area contributed by atoms with E-state index in [0.717, 1.165) is 25.0 Å². The molecule has 1 rings (SSSR count). The van der Waals surface area contributed by atoms with Crippen LogP contribution in [-0.2, 0) is 15.6 Å². The van der Waals surface area contributed by atoms with Gasteiger partial charge in [0.05, 0.1) is 10.8 Å². The Morgan fingerprint density at radius 2 is 1.95 bits per heavy atom. The molecule has 1 aromatic carbocycles. The molecule has 0 heterocycles. The zero-order chi connectivity index (χ0) is 14.4. The average molecular weight is 290 g/mol. The van der Waals surface area contributed by atoms with Crippen molar-refractivity contribution in [3.63, 3.8) is 0 Å². The predicted molar refractivity (Wildman–Crippen MR) is 70.0 cm³/mol. The summed E-state index contributed by atoms with van der Waals surface area (Å²) in [5.41, 5.74) is 5.16. The Morgan fingerprint density at radius 3 is 2.47 bits per heavy atom. The van der Waals surface area contributed by atoms with Crippen molar-refractivity contribution in [2.75, 3.05) is 18.0 Å². The van der Waals surface area contributed by atoms with Gasteiger partial charge in [0.25, 0.3) is 0 Å². The zero-order valence-corrected chi connectivity index (χ0v) is 11.4. The molecule has 1 atom stereocenters. The maximum Gasteiger partial charge on any atom is 0.233 e. The summed E-state index contributed by atoms with van der Waals surface area (Å²) in [7, 11) is -2.07. The van der Waals surface area contributed by atoms with E-state index in [1.54, 1.807) is 0 Å². The van der Waals surface area contributed by atoms with E-state index >= 15 is 0 Å². The fourth-order valence-electron chi connectivity index (χ4n) is 1.44. The number of hydrogen-bond donors (Lipinski definition) is 2. The summed E-state index contributed by atoms with van der Waals surface area (Å²) in [5, 5.41) is 2.53. The van der Waals surface area contributed by atoms with Crippen molar-refractivity contribution in [3.05, 3.63) is 23.8 Å². The molecule has 0 fully saturated rings. The minimum absolute atomic E-state index is 0.0943. The molecule has 1 amide bonds. The fourth-order valence-corrected chi connectivity index (χ4v) is 2.48. The van der Waals surface area contributed by atoms with Gasteiger partial charge in [0, 0.05) is 12.2 Å². The summed E-state index contributed by atoms with van der Waals surface area (Å²) in [6, 6.07) is 1.76. The van der Waals surface area contributed by atoms with Crippen LogP contribution in [0, 0.1) is 11.6 Å². The summed E-state index contributed by atoms with van der Waals surface area (Å²) in [4.78, 5) is 10.8. The number of carbonyl (C=O) groups is 1. The summed E-state index contributed by atoms with van der Waals surface area (Å²) >= 11 is 0. The quantitative estimate of drug-likeness (QED) is 0.617. The van der Waals surface area contributed by atoms with Crippen LogP contribution in [0.25, 0.3) is 0 Å². The maximum atomic E-state index is 13.5. The SMILES string of the molecule is CCCCNC(=O)CS(=O)c1c(F)cc(N)cc1F. The van der Waals surface area contributed by atoms with E-state index in [1.807, 2.05) is 6.92 Å². The van der Waals surface area contributed by atoms with Gasteiger partial charge in [-0.3, -0.25) is 9.00 Å². The van der Waals surface area contributed by atoms with Crippen molar-refractivity contribution < 1.29 is 17.8 Å². The number of unbranched alkanes of at least 4 members (excludes halogenated alkanes) is 1. The molecule has 106 valence electrons. The summed E-state index contributed by atoms with van der Waals surface area (Å²) in [6.45, 7) is 2.42. The van der Waals surface area contributed by atoms with Gasteiger partial charge in [0.1, 0.15) is 22.3 Å².